The van der Waals surface area contributed by atoms with Crippen LogP contribution in [0.5, 0.6) is 0 Å². The van der Waals surface area contributed by atoms with Crippen molar-refractivity contribution in [2.75, 3.05) is 13.6 Å². The number of H-pyrrole nitrogens is 1. The van der Waals surface area contributed by atoms with E-state index in [-0.39, 0.29) is 12.3 Å². The summed E-state index contributed by atoms with van der Waals surface area (Å²) in [4.78, 5) is 31.5. The van der Waals surface area contributed by atoms with E-state index >= 15 is 0 Å². The van der Waals surface area contributed by atoms with Gasteiger partial charge in [-0.2, -0.15) is 0 Å². The summed E-state index contributed by atoms with van der Waals surface area (Å²) >= 11 is 1.56. The molecule has 0 fully saturated rings. The van der Waals surface area contributed by atoms with E-state index in [1.807, 2.05) is 12.3 Å². The molecular formula is C14H17N3O3S. The van der Waals surface area contributed by atoms with Crippen LogP contribution in [0.3, 0.4) is 0 Å². The maximum Gasteiger partial charge on any atom is 0.303 e. The highest BCUT2D eigenvalue weighted by molar-refractivity contribution is 7.09. The number of rotatable bonds is 6. The van der Waals surface area contributed by atoms with Crippen LogP contribution in [-0.4, -0.2) is 45.4 Å². The number of aromatic nitrogens is 2. The highest BCUT2D eigenvalue weighted by atomic mass is 32.1. The molecule has 6 nitrogen and oxygen atoms in total. The Hall–Kier alpha value is -2.15. The summed E-state index contributed by atoms with van der Waals surface area (Å²) in [7, 11) is 1.66. The lowest BCUT2D eigenvalue weighted by Crippen LogP contribution is -2.28. The molecule has 2 aromatic rings. The molecule has 2 aromatic heterocycles. The molecule has 2 heterocycles. The summed E-state index contributed by atoms with van der Waals surface area (Å²) in [6, 6.07) is 1.77. The van der Waals surface area contributed by atoms with Gasteiger partial charge in [0.15, 0.2) is 0 Å². The zero-order valence-electron chi connectivity index (χ0n) is 11.9. The molecule has 0 aliphatic heterocycles. The molecule has 0 atom stereocenters. The van der Waals surface area contributed by atoms with Gasteiger partial charge in [0.05, 0.1) is 10.7 Å². The van der Waals surface area contributed by atoms with Crippen molar-refractivity contribution < 1.29 is 14.7 Å². The van der Waals surface area contributed by atoms with Crippen LogP contribution in [0, 0.1) is 6.92 Å². The summed E-state index contributed by atoms with van der Waals surface area (Å²) in [5.41, 5.74) is 2.21. The highest BCUT2D eigenvalue weighted by Gasteiger charge is 2.15. The van der Waals surface area contributed by atoms with E-state index in [9.17, 15) is 9.59 Å². The van der Waals surface area contributed by atoms with E-state index in [2.05, 4.69) is 9.97 Å². The van der Waals surface area contributed by atoms with E-state index in [1.54, 1.807) is 30.6 Å². The first-order chi connectivity index (χ1) is 9.97. The maximum absolute atomic E-state index is 12.2. The van der Waals surface area contributed by atoms with E-state index in [1.165, 1.54) is 4.90 Å². The van der Waals surface area contributed by atoms with Crippen LogP contribution in [0.1, 0.15) is 28.3 Å². The molecule has 2 rings (SSSR count). The number of carbonyl (C=O) groups is 2. The van der Waals surface area contributed by atoms with E-state index in [0.717, 1.165) is 16.3 Å². The second kappa shape index (κ2) is 6.53. The molecule has 7 heteroatoms. The summed E-state index contributed by atoms with van der Waals surface area (Å²) in [5, 5.41) is 11.5. The van der Waals surface area contributed by atoms with Gasteiger partial charge in [0.2, 0.25) is 0 Å². The average Bonchev–Trinajstić information content (AvgIpc) is 3.05. The second-order valence-corrected chi connectivity index (χ2v) is 5.84. The van der Waals surface area contributed by atoms with Gasteiger partial charge in [-0.25, -0.2) is 4.98 Å². The molecule has 0 unspecified atom stereocenters. The Morgan fingerprint density at radius 1 is 1.48 bits per heavy atom. The van der Waals surface area contributed by atoms with Crippen molar-refractivity contribution in [1.82, 2.24) is 14.9 Å². The molecule has 112 valence electrons. The third-order valence-corrected chi connectivity index (χ3v) is 3.83. The molecule has 0 aromatic carbocycles. The predicted molar refractivity (Wildman–Crippen MR) is 80.5 cm³/mol. The summed E-state index contributed by atoms with van der Waals surface area (Å²) in [6.45, 7) is 2.35. The minimum absolute atomic E-state index is 0.0612. The highest BCUT2D eigenvalue weighted by Crippen LogP contribution is 2.22. The second-order valence-electron chi connectivity index (χ2n) is 4.78. The van der Waals surface area contributed by atoms with Crippen LogP contribution in [0.15, 0.2) is 17.6 Å². The van der Waals surface area contributed by atoms with Crippen LogP contribution in [0.25, 0.3) is 11.3 Å². The number of aromatic amines is 1. The number of nitrogens with one attached hydrogen (secondary N) is 1. The fourth-order valence-corrected chi connectivity index (χ4v) is 2.56. The van der Waals surface area contributed by atoms with Gasteiger partial charge in [0, 0.05) is 37.2 Å². The molecule has 0 bridgehead atoms. The molecule has 0 spiro atoms. The van der Waals surface area contributed by atoms with Gasteiger partial charge in [-0.15, -0.1) is 11.3 Å². The fourth-order valence-electron chi connectivity index (χ4n) is 1.94. The van der Waals surface area contributed by atoms with Gasteiger partial charge in [-0.3, -0.25) is 9.59 Å². The minimum Gasteiger partial charge on any atom is -0.481 e. The number of nitrogens with zero attached hydrogens (tertiary/aromatic N) is 2. The van der Waals surface area contributed by atoms with E-state index < -0.39 is 5.97 Å². The Balaban J connectivity index is 2.00. The first kappa shape index (κ1) is 15.2. The van der Waals surface area contributed by atoms with Gasteiger partial charge in [0.25, 0.3) is 5.91 Å². The number of hydrogen-bond acceptors (Lipinski definition) is 4. The molecule has 21 heavy (non-hydrogen) atoms. The SMILES string of the molecule is Cc1nc(-c2c[nH]c(C(=O)N(C)CCCC(=O)O)c2)cs1. The van der Waals surface area contributed by atoms with E-state index in [4.69, 9.17) is 5.11 Å². The van der Waals surface area contributed by atoms with Crippen molar-refractivity contribution in [3.8, 4) is 11.3 Å². The largest absolute Gasteiger partial charge is 0.481 e. The van der Waals surface area contributed by atoms with Crippen molar-refractivity contribution in [1.29, 1.82) is 0 Å². The third-order valence-electron chi connectivity index (χ3n) is 3.06. The van der Waals surface area contributed by atoms with Crippen LogP contribution in [-0.2, 0) is 4.79 Å². The lowest BCUT2D eigenvalue weighted by atomic mass is 10.2. The van der Waals surface area contributed by atoms with Gasteiger partial charge in [0.1, 0.15) is 5.69 Å². The smallest absolute Gasteiger partial charge is 0.303 e. The van der Waals surface area contributed by atoms with Gasteiger partial charge < -0.3 is 15.0 Å². The molecule has 0 saturated heterocycles. The number of aryl methyl sites for hydroxylation is 1. The maximum atomic E-state index is 12.2. The van der Waals surface area contributed by atoms with Crippen molar-refractivity contribution in [3.05, 3.63) is 28.3 Å². The van der Waals surface area contributed by atoms with Crippen molar-refractivity contribution in [3.63, 3.8) is 0 Å². The molecule has 0 radical (unpaired) electrons. The number of thiazole rings is 1. The van der Waals surface area contributed by atoms with Gasteiger partial charge in [-0.05, 0) is 19.4 Å². The zero-order chi connectivity index (χ0) is 15.4. The van der Waals surface area contributed by atoms with Crippen molar-refractivity contribution in [2.45, 2.75) is 19.8 Å². The topological polar surface area (TPSA) is 86.3 Å². The van der Waals surface area contributed by atoms with Crippen LogP contribution >= 0.6 is 11.3 Å². The molecular weight excluding hydrogens is 290 g/mol. The number of carboxylic acid groups (broad SMARTS) is 1. The average molecular weight is 307 g/mol. The number of carboxylic acids is 1. The Labute approximate surface area is 126 Å². The third kappa shape index (κ3) is 3.91. The fraction of sp³-hybridized carbons (Fsp3) is 0.357. The Kier molecular flexibility index (Phi) is 4.74. The minimum atomic E-state index is -0.850. The first-order valence-corrected chi connectivity index (χ1v) is 7.43. The Morgan fingerprint density at radius 3 is 2.86 bits per heavy atom. The van der Waals surface area contributed by atoms with Crippen LogP contribution < -0.4 is 0 Å². The van der Waals surface area contributed by atoms with E-state index in [0.29, 0.717) is 18.7 Å². The van der Waals surface area contributed by atoms with Crippen molar-refractivity contribution in [2.24, 2.45) is 0 Å². The van der Waals surface area contributed by atoms with Crippen LogP contribution in [0.2, 0.25) is 0 Å². The lowest BCUT2D eigenvalue weighted by molar-refractivity contribution is -0.137. The monoisotopic (exact) mass is 307 g/mol. The van der Waals surface area contributed by atoms with Gasteiger partial charge >= 0.3 is 5.97 Å². The summed E-state index contributed by atoms with van der Waals surface area (Å²) in [6.07, 6.45) is 2.26. The summed E-state index contributed by atoms with van der Waals surface area (Å²) < 4.78 is 0. The normalized spacial score (nSPS) is 10.6. The molecule has 0 saturated carbocycles. The quantitative estimate of drug-likeness (QED) is 0.858. The zero-order valence-corrected chi connectivity index (χ0v) is 12.7. The van der Waals surface area contributed by atoms with Crippen molar-refractivity contribution >= 4 is 23.2 Å². The van der Waals surface area contributed by atoms with Crippen LogP contribution in [0.4, 0.5) is 0 Å². The Morgan fingerprint density at radius 2 is 2.24 bits per heavy atom. The molecule has 2 N–H and O–H groups in total. The molecule has 0 aliphatic rings. The number of carbonyl (C=O) groups excluding carboxylic acids is 1. The first-order valence-electron chi connectivity index (χ1n) is 6.55. The number of amides is 1. The number of aliphatic carboxylic acids is 1. The Bertz CT molecular complexity index is 647. The summed E-state index contributed by atoms with van der Waals surface area (Å²) in [5.74, 6) is -1.00. The van der Waals surface area contributed by atoms with Gasteiger partial charge in [-0.1, -0.05) is 0 Å². The number of hydrogen-bond donors (Lipinski definition) is 2. The predicted octanol–water partition coefficient (Wildman–Crippen LogP) is 2.38. The standard InChI is InChI=1S/C14H17N3O3S/c1-9-16-12(8-21-9)10-6-11(15-7-10)14(20)17(2)5-3-4-13(18)19/h6-8,15H,3-5H2,1-2H3,(H,18,19). The molecule has 0 aliphatic carbocycles. The lowest BCUT2D eigenvalue weighted by Gasteiger charge is -2.15. The molecule has 1 amide bonds.